The molecule has 0 radical (unpaired) electrons. The van der Waals surface area contributed by atoms with Crippen LogP contribution >= 0.6 is 0 Å². The van der Waals surface area contributed by atoms with Crippen molar-refractivity contribution in [1.29, 1.82) is 0 Å². The maximum atomic E-state index is 13.2. The van der Waals surface area contributed by atoms with Crippen LogP contribution in [0.2, 0.25) is 0 Å². The number of hydrogen-bond acceptors (Lipinski definition) is 3. The van der Waals surface area contributed by atoms with Crippen LogP contribution in [0.25, 0.3) is 0 Å². The fraction of sp³-hybridized carbons (Fsp3) is 0.500. The quantitative estimate of drug-likeness (QED) is 0.677. The zero-order chi connectivity index (χ0) is 14.2. The lowest BCUT2D eigenvalue weighted by atomic mass is 10.0. The van der Waals surface area contributed by atoms with Crippen molar-refractivity contribution in [2.45, 2.75) is 19.3 Å². The zero-order valence-electron chi connectivity index (χ0n) is 11.7. The highest BCUT2D eigenvalue weighted by Gasteiger charge is 2.12. The summed E-state index contributed by atoms with van der Waals surface area (Å²) >= 11 is 0. The van der Waals surface area contributed by atoms with Gasteiger partial charge in [-0.2, -0.15) is 0 Å². The lowest BCUT2D eigenvalue weighted by Gasteiger charge is -2.21. The van der Waals surface area contributed by atoms with Crippen molar-refractivity contribution in [1.82, 2.24) is 5.32 Å². The highest BCUT2D eigenvalue weighted by atomic mass is 19.1. The standard InChI is InChI=1S/C16H20FNO2/c1-19-16-11-13(4-5-15(16)17)3-2-8-18-12-14-6-9-20-10-7-14/h4-5,11,14,18H,3,6-7,9-10,12H2,1H3. The van der Waals surface area contributed by atoms with E-state index in [1.54, 1.807) is 12.1 Å². The highest BCUT2D eigenvalue weighted by Crippen LogP contribution is 2.18. The van der Waals surface area contributed by atoms with Crippen molar-refractivity contribution >= 4 is 0 Å². The molecule has 1 heterocycles. The Hall–Kier alpha value is -1.73. The lowest BCUT2D eigenvalue weighted by molar-refractivity contribution is 0.0674. The molecule has 0 aliphatic carbocycles. The molecule has 0 unspecified atom stereocenters. The van der Waals surface area contributed by atoms with Crippen LogP contribution in [0.4, 0.5) is 4.39 Å². The predicted molar refractivity (Wildman–Crippen MR) is 76.0 cm³/mol. The van der Waals surface area contributed by atoms with Gasteiger partial charge in [0.1, 0.15) is 0 Å². The Morgan fingerprint density at radius 1 is 1.40 bits per heavy atom. The van der Waals surface area contributed by atoms with Crippen LogP contribution < -0.4 is 10.1 Å². The summed E-state index contributed by atoms with van der Waals surface area (Å²) in [6, 6.07) is 7.78. The summed E-state index contributed by atoms with van der Waals surface area (Å²) in [5.74, 6) is 3.62. The molecule has 1 aromatic rings. The Kier molecular flexibility index (Phi) is 5.69. The summed E-state index contributed by atoms with van der Waals surface area (Å²) in [6.45, 7) is 2.62. The molecule has 0 bridgehead atoms. The molecule has 0 aromatic heterocycles. The average molecular weight is 277 g/mol. The van der Waals surface area contributed by atoms with Crippen LogP contribution in [-0.2, 0) is 11.2 Å². The summed E-state index contributed by atoms with van der Waals surface area (Å²) in [5.41, 5.74) is 0.948. The van der Waals surface area contributed by atoms with E-state index in [1.807, 2.05) is 0 Å². The summed E-state index contributed by atoms with van der Waals surface area (Å²) in [6.07, 6.45) is 2.78. The van der Waals surface area contributed by atoms with Gasteiger partial charge in [-0.25, -0.2) is 4.39 Å². The van der Waals surface area contributed by atoms with Crippen molar-refractivity contribution < 1.29 is 13.9 Å². The van der Waals surface area contributed by atoms with Gasteiger partial charge in [0, 0.05) is 32.2 Å². The fourth-order valence-electron chi connectivity index (χ4n) is 2.17. The van der Waals surface area contributed by atoms with E-state index in [1.165, 1.54) is 13.2 Å². The minimum absolute atomic E-state index is 0.263. The van der Waals surface area contributed by atoms with Crippen LogP contribution in [0.1, 0.15) is 18.4 Å². The van der Waals surface area contributed by atoms with Gasteiger partial charge in [-0.05, 0) is 36.5 Å². The Balaban J connectivity index is 1.76. The van der Waals surface area contributed by atoms with E-state index in [2.05, 4.69) is 17.3 Å². The number of hydrogen-bond donors (Lipinski definition) is 1. The summed E-state index contributed by atoms with van der Waals surface area (Å²) in [4.78, 5) is 0. The SMILES string of the molecule is COc1cc(CC#CNCC2CCOCC2)ccc1F. The van der Waals surface area contributed by atoms with Crippen LogP contribution in [0.15, 0.2) is 18.2 Å². The lowest BCUT2D eigenvalue weighted by Crippen LogP contribution is -2.25. The Morgan fingerprint density at radius 3 is 2.95 bits per heavy atom. The number of rotatable bonds is 4. The number of nitrogens with one attached hydrogen (secondary N) is 1. The van der Waals surface area contributed by atoms with E-state index in [4.69, 9.17) is 9.47 Å². The third kappa shape index (κ3) is 4.43. The normalized spacial score (nSPS) is 15.3. The maximum Gasteiger partial charge on any atom is 0.165 e. The first-order valence-electron chi connectivity index (χ1n) is 6.90. The molecule has 0 saturated carbocycles. The minimum atomic E-state index is -0.346. The average Bonchev–Trinajstić information content (AvgIpc) is 2.49. The van der Waals surface area contributed by atoms with E-state index in [-0.39, 0.29) is 11.6 Å². The van der Waals surface area contributed by atoms with Crippen molar-refractivity contribution in [3.8, 4) is 17.7 Å². The molecule has 0 spiro atoms. The molecule has 4 heteroatoms. The maximum absolute atomic E-state index is 13.2. The van der Waals surface area contributed by atoms with Crippen molar-refractivity contribution in [2.24, 2.45) is 5.92 Å². The summed E-state index contributed by atoms with van der Waals surface area (Å²) < 4.78 is 23.5. The molecule has 0 atom stereocenters. The Bertz CT molecular complexity index is 487. The van der Waals surface area contributed by atoms with Crippen molar-refractivity contribution in [3.05, 3.63) is 29.6 Å². The van der Waals surface area contributed by atoms with Gasteiger partial charge < -0.3 is 14.8 Å². The van der Waals surface area contributed by atoms with Gasteiger partial charge in [-0.3, -0.25) is 0 Å². The van der Waals surface area contributed by atoms with E-state index in [9.17, 15) is 4.39 Å². The molecule has 108 valence electrons. The third-order valence-electron chi connectivity index (χ3n) is 3.42. The van der Waals surface area contributed by atoms with E-state index >= 15 is 0 Å². The molecule has 3 nitrogen and oxygen atoms in total. The van der Waals surface area contributed by atoms with Crippen LogP contribution in [0, 0.1) is 23.7 Å². The van der Waals surface area contributed by atoms with E-state index in [0.29, 0.717) is 12.3 Å². The second-order valence-corrected chi connectivity index (χ2v) is 4.88. The van der Waals surface area contributed by atoms with Gasteiger partial charge in [0.05, 0.1) is 7.11 Å². The first-order valence-corrected chi connectivity index (χ1v) is 6.90. The van der Waals surface area contributed by atoms with Crippen molar-refractivity contribution in [3.63, 3.8) is 0 Å². The molecule has 1 saturated heterocycles. The van der Waals surface area contributed by atoms with Gasteiger partial charge in [-0.1, -0.05) is 12.0 Å². The first kappa shape index (κ1) is 14.7. The molecule has 20 heavy (non-hydrogen) atoms. The number of methoxy groups -OCH3 is 1. The molecular weight excluding hydrogens is 257 g/mol. The number of halogens is 1. The smallest absolute Gasteiger partial charge is 0.165 e. The molecule has 1 fully saturated rings. The largest absolute Gasteiger partial charge is 0.494 e. The van der Waals surface area contributed by atoms with Gasteiger partial charge >= 0.3 is 0 Å². The Morgan fingerprint density at radius 2 is 2.20 bits per heavy atom. The molecule has 1 aromatic carbocycles. The Labute approximate surface area is 119 Å². The van der Waals surface area contributed by atoms with Crippen LogP contribution in [0.5, 0.6) is 5.75 Å². The molecule has 1 aliphatic rings. The van der Waals surface area contributed by atoms with Gasteiger partial charge in [-0.15, -0.1) is 0 Å². The topological polar surface area (TPSA) is 30.5 Å². The van der Waals surface area contributed by atoms with E-state index in [0.717, 1.165) is 38.2 Å². The predicted octanol–water partition coefficient (Wildman–Crippen LogP) is 2.35. The van der Waals surface area contributed by atoms with Gasteiger partial charge in [0.15, 0.2) is 11.6 Å². The second-order valence-electron chi connectivity index (χ2n) is 4.88. The minimum Gasteiger partial charge on any atom is -0.494 e. The van der Waals surface area contributed by atoms with E-state index < -0.39 is 0 Å². The number of benzene rings is 1. The van der Waals surface area contributed by atoms with Gasteiger partial charge in [0.25, 0.3) is 0 Å². The van der Waals surface area contributed by atoms with Crippen LogP contribution in [0.3, 0.4) is 0 Å². The first-order chi connectivity index (χ1) is 9.79. The molecule has 1 N–H and O–H groups in total. The molecule has 1 aliphatic heterocycles. The third-order valence-corrected chi connectivity index (χ3v) is 3.42. The highest BCUT2D eigenvalue weighted by molar-refractivity contribution is 5.32. The summed E-state index contributed by atoms with van der Waals surface area (Å²) in [7, 11) is 1.46. The van der Waals surface area contributed by atoms with Crippen molar-refractivity contribution in [2.75, 3.05) is 26.9 Å². The number of ether oxygens (including phenoxy) is 2. The fourth-order valence-corrected chi connectivity index (χ4v) is 2.17. The monoisotopic (exact) mass is 277 g/mol. The van der Waals surface area contributed by atoms with Crippen LogP contribution in [-0.4, -0.2) is 26.9 Å². The van der Waals surface area contributed by atoms with Gasteiger partial charge in [0.2, 0.25) is 0 Å². The summed E-state index contributed by atoms with van der Waals surface area (Å²) in [5, 5.41) is 3.14. The molecule has 0 amide bonds. The zero-order valence-corrected chi connectivity index (χ0v) is 11.7. The second kappa shape index (κ2) is 7.76. The molecule has 2 rings (SSSR count). The molecular formula is C16H20FNO2.